The summed E-state index contributed by atoms with van der Waals surface area (Å²) in [5, 5.41) is 7.54. The summed E-state index contributed by atoms with van der Waals surface area (Å²) in [5.74, 6) is 1.30. The van der Waals surface area contributed by atoms with Crippen LogP contribution in [0, 0.1) is 0 Å². The summed E-state index contributed by atoms with van der Waals surface area (Å²) in [4.78, 5) is 18.3. The largest absolute Gasteiger partial charge is 0.336 e. The third kappa shape index (κ3) is 2.85. The predicted octanol–water partition coefficient (Wildman–Crippen LogP) is 1.90. The van der Waals surface area contributed by atoms with Crippen LogP contribution in [0.5, 0.6) is 0 Å². The van der Waals surface area contributed by atoms with Crippen molar-refractivity contribution in [1.82, 2.24) is 20.1 Å². The Hall–Kier alpha value is -1.04. The minimum absolute atomic E-state index is 0.0438. The van der Waals surface area contributed by atoms with Gasteiger partial charge in [0.1, 0.15) is 5.82 Å². The lowest BCUT2D eigenvalue weighted by atomic mass is 10.1. The molecule has 1 aromatic rings. The fourth-order valence-corrected chi connectivity index (χ4v) is 2.75. The molecule has 0 radical (unpaired) electrons. The molecule has 0 aliphatic carbocycles. The summed E-state index contributed by atoms with van der Waals surface area (Å²) < 4.78 is 0. The number of nitrogens with zero attached hydrogens (tertiary/aromatic N) is 3. The molecule has 18 heavy (non-hydrogen) atoms. The van der Waals surface area contributed by atoms with Gasteiger partial charge in [-0.2, -0.15) is 11.8 Å². The zero-order valence-electron chi connectivity index (χ0n) is 11.1. The van der Waals surface area contributed by atoms with E-state index in [1.165, 1.54) is 0 Å². The number of aromatic amines is 1. The quantitative estimate of drug-likeness (QED) is 0.909. The maximum absolute atomic E-state index is 12.2. The molecule has 2 rings (SSSR count). The maximum Gasteiger partial charge on any atom is 0.293 e. The molecule has 2 heterocycles. The number of thioether (sulfide) groups is 1. The molecule has 1 N–H and O–H groups in total. The van der Waals surface area contributed by atoms with Crippen LogP contribution >= 0.6 is 11.8 Å². The third-order valence-electron chi connectivity index (χ3n) is 3.30. The van der Waals surface area contributed by atoms with Crippen molar-refractivity contribution in [1.29, 1.82) is 0 Å². The molecule has 0 bridgehead atoms. The molecule has 5 nitrogen and oxygen atoms in total. The average Bonchev–Trinajstić information content (AvgIpc) is 2.88. The van der Waals surface area contributed by atoms with E-state index in [4.69, 9.17) is 0 Å². The first-order chi connectivity index (χ1) is 8.61. The van der Waals surface area contributed by atoms with Gasteiger partial charge in [-0.25, -0.2) is 4.98 Å². The molecule has 1 amide bonds. The molecule has 1 aliphatic rings. The summed E-state index contributed by atoms with van der Waals surface area (Å²) in [5.41, 5.74) is 0. The second-order valence-corrected chi connectivity index (χ2v) is 6.06. The monoisotopic (exact) mass is 268 g/mol. The van der Waals surface area contributed by atoms with E-state index in [1.807, 2.05) is 30.5 Å². The summed E-state index contributed by atoms with van der Waals surface area (Å²) in [7, 11) is 0. The second kappa shape index (κ2) is 5.73. The van der Waals surface area contributed by atoms with Gasteiger partial charge in [-0.05, 0) is 19.1 Å². The van der Waals surface area contributed by atoms with E-state index < -0.39 is 0 Å². The minimum Gasteiger partial charge on any atom is -0.336 e. The smallest absolute Gasteiger partial charge is 0.293 e. The zero-order chi connectivity index (χ0) is 13.1. The Labute approximate surface area is 112 Å². The molecule has 1 aliphatic heterocycles. The predicted molar refractivity (Wildman–Crippen MR) is 72.9 cm³/mol. The summed E-state index contributed by atoms with van der Waals surface area (Å²) in [6.07, 6.45) is 4.26. The highest BCUT2D eigenvalue weighted by molar-refractivity contribution is 7.99. The number of piperidine rings is 1. The molecule has 0 saturated carbocycles. The SMILES string of the molecule is CSC1CCN(C(=O)c2n[nH]c(C(C)C)n2)CC1. The number of nitrogens with one attached hydrogen (secondary N) is 1. The summed E-state index contributed by atoms with van der Waals surface area (Å²) in [6.45, 7) is 5.68. The van der Waals surface area contributed by atoms with Crippen molar-refractivity contribution in [3.8, 4) is 0 Å². The number of carbonyl (C=O) groups excluding carboxylic acids is 1. The number of aromatic nitrogens is 3. The van der Waals surface area contributed by atoms with Crippen LogP contribution in [0.2, 0.25) is 0 Å². The van der Waals surface area contributed by atoms with E-state index in [0.29, 0.717) is 11.1 Å². The van der Waals surface area contributed by atoms with Gasteiger partial charge in [-0.3, -0.25) is 9.89 Å². The Bertz CT molecular complexity index is 410. The first-order valence-corrected chi connectivity index (χ1v) is 7.65. The van der Waals surface area contributed by atoms with Gasteiger partial charge in [-0.15, -0.1) is 5.10 Å². The third-order valence-corrected chi connectivity index (χ3v) is 4.44. The standard InChI is InChI=1S/C12H20N4OS/c1-8(2)10-13-11(15-14-10)12(17)16-6-4-9(18-3)5-7-16/h8-9H,4-7H2,1-3H3,(H,13,14,15). The lowest BCUT2D eigenvalue weighted by Crippen LogP contribution is -2.39. The van der Waals surface area contributed by atoms with Crippen LogP contribution in [-0.2, 0) is 0 Å². The van der Waals surface area contributed by atoms with Gasteiger partial charge in [0, 0.05) is 24.3 Å². The Morgan fingerprint density at radius 2 is 2.11 bits per heavy atom. The van der Waals surface area contributed by atoms with Gasteiger partial charge in [0.15, 0.2) is 0 Å². The van der Waals surface area contributed by atoms with Crippen molar-refractivity contribution in [2.24, 2.45) is 0 Å². The zero-order valence-corrected chi connectivity index (χ0v) is 12.0. The van der Waals surface area contributed by atoms with Crippen LogP contribution in [0.1, 0.15) is 49.1 Å². The van der Waals surface area contributed by atoms with Gasteiger partial charge in [-0.1, -0.05) is 13.8 Å². The number of hydrogen-bond donors (Lipinski definition) is 1. The van der Waals surface area contributed by atoms with E-state index in [-0.39, 0.29) is 11.8 Å². The molecule has 1 aromatic heterocycles. The van der Waals surface area contributed by atoms with Crippen LogP contribution in [0.15, 0.2) is 0 Å². The van der Waals surface area contributed by atoms with Crippen molar-refractivity contribution in [3.63, 3.8) is 0 Å². The number of likely N-dealkylation sites (tertiary alicyclic amines) is 1. The van der Waals surface area contributed by atoms with Crippen LogP contribution in [-0.4, -0.2) is 50.6 Å². The molecule has 1 fully saturated rings. The van der Waals surface area contributed by atoms with Crippen molar-refractivity contribution in [3.05, 3.63) is 11.6 Å². The first-order valence-electron chi connectivity index (χ1n) is 6.36. The fraction of sp³-hybridized carbons (Fsp3) is 0.750. The highest BCUT2D eigenvalue weighted by Crippen LogP contribution is 2.21. The van der Waals surface area contributed by atoms with Gasteiger partial charge in [0.2, 0.25) is 5.82 Å². The van der Waals surface area contributed by atoms with Gasteiger partial charge in [0.25, 0.3) is 5.91 Å². The molecule has 6 heteroatoms. The van der Waals surface area contributed by atoms with Crippen molar-refractivity contribution in [2.45, 2.75) is 37.9 Å². The van der Waals surface area contributed by atoms with Gasteiger partial charge >= 0.3 is 0 Å². The van der Waals surface area contributed by atoms with Crippen LogP contribution in [0.25, 0.3) is 0 Å². The van der Waals surface area contributed by atoms with Gasteiger partial charge in [0.05, 0.1) is 0 Å². The van der Waals surface area contributed by atoms with E-state index >= 15 is 0 Å². The molecule has 100 valence electrons. The fourth-order valence-electron chi connectivity index (χ4n) is 2.06. The lowest BCUT2D eigenvalue weighted by molar-refractivity contribution is 0.0715. The Morgan fingerprint density at radius 3 is 2.61 bits per heavy atom. The lowest BCUT2D eigenvalue weighted by Gasteiger charge is -2.30. The van der Waals surface area contributed by atoms with Gasteiger partial charge < -0.3 is 4.90 Å². The van der Waals surface area contributed by atoms with E-state index in [9.17, 15) is 4.79 Å². The Balaban J connectivity index is 1.98. The average molecular weight is 268 g/mol. The molecule has 0 atom stereocenters. The normalized spacial score (nSPS) is 17.4. The minimum atomic E-state index is -0.0438. The van der Waals surface area contributed by atoms with Crippen molar-refractivity contribution >= 4 is 17.7 Å². The molecular formula is C12H20N4OS. The first kappa shape index (κ1) is 13.4. The number of rotatable bonds is 3. The summed E-state index contributed by atoms with van der Waals surface area (Å²) in [6, 6.07) is 0. The molecule has 0 spiro atoms. The maximum atomic E-state index is 12.2. The Morgan fingerprint density at radius 1 is 1.44 bits per heavy atom. The number of H-pyrrole nitrogens is 1. The van der Waals surface area contributed by atoms with Crippen molar-refractivity contribution < 1.29 is 4.79 Å². The van der Waals surface area contributed by atoms with Crippen molar-refractivity contribution in [2.75, 3.05) is 19.3 Å². The summed E-state index contributed by atoms with van der Waals surface area (Å²) >= 11 is 1.89. The number of carbonyl (C=O) groups is 1. The molecule has 0 unspecified atom stereocenters. The second-order valence-electron chi connectivity index (χ2n) is 4.93. The van der Waals surface area contributed by atoms with E-state index in [2.05, 4.69) is 21.4 Å². The highest BCUT2D eigenvalue weighted by Gasteiger charge is 2.25. The molecule has 1 saturated heterocycles. The van der Waals surface area contributed by atoms with E-state index in [0.717, 1.165) is 31.8 Å². The topological polar surface area (TPSA) is 61.9 Å². The highest BCUT2D eigenvalue weighted by atomic mass is 32.2. The Kier molecular flexibility index (Phi) is 4.27. The number of amides is 1. The molecular weight excluding hydrogens is 248 g/mol. The van der Waals surface area contributed by atoms with Crippen LogP contribution in [0.3, 0.4) is 0 Å². The number of hydrogen-bond acceptors (Lipinski definition) is 4. The van der Waals surface area contributed by atoms with E-state index in [1.54, 1.807) is 0 Å². The molecule has 0 aromatic carbocycles. The van der Waals surface area contributed by atoms with Crippen LogP contribution in [0.4, 0.5) is 0 Å². The van der Waals surface area contributed by atoms with Crippen LogP contribution < -0.4 is 0 Å².